The summed E-state index contributed by atoms with van der Waals surface area (Å²) < 4.78 is 0. The minimum absolute atomic E-state index is 0.232. The highest BCUT2D eigenvalue weighted by Gasteiger charge is 2.05. The Hall–Kier alpha value is -1.59. The van der Waals surface area contributed by atoms with E-state index in [0.717, 1.165) is 19.4 Å². The third-order valence-corrected chi connectivity index (χ3v) is 2.90. The summed E-state index contributed by atoms with van der Waals surface area (Å²) in [5.41, 5.74) is 0.646. The van der Waals surface area contributed by atoms with Gasteiger partial charge in [-0.15, -0.1) is 0 Å². The van der Waals surface area contributed by atoms with Gasteiger partial charge in [0.15, 0.2) is 0 Å². The van der Waals surface area contributed by atoms with Gasteiger partial charge in [0, 0.05) is 17.1 Å². The van der Waals surface area contributed by atoms with Gasteiger partial charge in [0.05, 0.1) is 0 Å². The van der Waals surface area contributed by atoms with Crippen molar-refractivity contribution in [1.82, 2.24) is 10.2 Å². The fourth-order valence-corrected chi connectivity index (χ4v) is 1.75. The molecule has 0 saturated heterocycles. The van der Waals surface area contributed by atoms with Crippen LogP contribution in [0.1, 0.15) is 19.3 Å². The Morgan fingerprint density at radius 3 is 2.50 bits per heavy atom. The van der Waals surface area contributed by atoms with Crippen LogP contribution < -0.4 is 10.6 Å². The molecular formula is C14H21ClN4O. The zero-order valence-electron chi connectivity index (χ0n) is 11.9. The van der Waals surface area contributed by atoms with E-state index in [4.69, 9.17) is 17.0 Å². The van der Waals surface area contributed by atoms with E-state index in [0.29, 0.717) is 17.1 Å². The largest absolute Gasteiger partial charge is 0.324 e. The normalized spacial score (nSPS) is 10.4. The first-order valence-corrected chi connectivity index (χ1v) is 6.91. The molecule has 20 heavy (non-hydrogen) atoms. The lowest BCUT2D eigenvalue weighted by molar-refractivity contribution is 0.256. The molecule has 5 nitrogen and oxygen atoms in total. The number of amides is 2. The van der Waals surface area contributed by atoms with Crippen LogP contribution in [0.2, 0.25) is 5.02 Å². The highest BCUT2D eigenvalue weighted by Crippen LogP contribution is 2.13. The quantitative estimate of drug-likeness (QED) is 0.429. The summed E-state index contributed by atoms with van der Waals surface area (Å²) in [5.74, 6) is 0.232. The minimum atomic E-state index is -0.398. The van der Waals surface area contributed by atoms with Crippen molar-refractivity contribution >= 4 is 29.2 Å². The Bertz CT molecular complexity index is 445. The molecule has 1 aromatic rings. The fraction of sp³-hybridized carbons (Fsp3) is 0.429. The van der Waals surface area contributed by atoms with Crippen LogP contribution in [0.15, 0.2) is 24.3 Å². The summed E-state index contributed by atoms with van der Waals surface area (Å²) >= 11 is 5.76. The van der Waals surface area contributed by atoms with E-state index in [2.05, 4.69) is 15.5 Å². The number of nitrogens with zero attached hydrogens (tertiary/aromatic N) is 1. The Balaban J connectivity index is 2.24. The van der Waals surface area contributed by atoms with E-state index in [9.17, 15) is 4.79 Å². The van der Waals surface area contributed by atoms with Gasteiger partial charge >= 0.3 is 6.03 Å². The first-order valence-electron chi connectivity index (χ1n) is 6.53. The number of anilines is 1. The Morgan fingerprint density at radius 2 is 1.90 bits per heavy atom. The van der Waals surface area contributed by atoms with Crippen LogP contribution in [-0.4, -0.2) is 37.4 Å². The Kier molecular flexibility index (Phi) is 7.04. The van der Waals surface area contributed by atoms with Gasteiger partial charge in [-0.05, 0) is 57.7 Å². The summed E-state index contributed by atoms with van der Waals surface area (Å²) in [5, 5.41) is 13.5. The molecule has 0 aliphatic rings. The maximum absolute atomic E-state index is 11.6. The molecule has 0 unspecified atom stereocenters. The predicted octanol–water partition coefficient (Wildman–Crippen LogP) is 3.17. The number of hydrogen-bond acceptors (Lipinski definition) is 3. The molecule has 0 aromatic heterocycles. The summed E-state index contributed by atoms with van der Waals surface area (Å²) in [7, 11) is 4.03. The number of carbonyl (C=O) groups excluding carboxylic acids is 1. The second-order valence-corrected chi connectivity index (χ2v) is 5.26. The van der Waals surface area contributed by atoms with Crippen LogP contribution in [0.5, 0.6) is 0 Å². The third-order valence-electron chi connectivity index (χ3n) is 2.65. The standard InChI is InChI=1S/C14H21ClN4O/c1-19(2)10-4-3-5-13(16)18-14(20)17-12-8-6-11(15)7-9-12/h6-9H,3-5,10H2,1-2H3,(H3,16,17,18,20). The van der Waals surface area contributed by atoms with Crippen molar-refractivity contribution in [3.8, 4) is 0 Å². The van der Waals surface area contributed by atoms with Crippen LogP contribution in [0.25, 0.3) is 0 Å². The maximum atomic E-state index is 11.6. The van der Waals surface area contributed by atoms with Crippen molar-refractivity contribution < 1.29 is 4.79 Å². The van der Waals surface area contributed by atoms with Crippen LogP contribution in [-0.2, 0) is 0 Å². The number of halogens is 1. The molecular weight excluding hydrogens is 276 g/mol. The number of hydrogen-bond donors (Lipinski definition) is 3. The molecule has 0 fully saturated rings. The molecule has 0 radical (unpaired) electrons. The molecule has 0 aliphatic carbocycles. The fourth-order valence-electron chi connectivity index (χ4n) is 1.62. The number of amidine groups is 1. The molecule has 1 rings (SSSR count). The topological polar surface area (TPSA) is 68.2 Å². The first-order chi connectivity index (χ1) is 9.47. The molecule has 0 aliphatic heterocycles. The summed E-state index contributed by atoms with van der Waals surface area (Å²) in [6, 6.07) is 6.42. The second kappa shape index (κ2) is 8.55. The van der Waals surface area contributed by atoms with Gasteiger partial charge in [-0.3, -0.25) is 10.7 Å². The molecule has 6 heteroatoms. The third kappa shape index (κ3) is 7.11. The Labute approximate surface area is 124 Å². The molecule has 0 heterocycles. The number of carbonyl (C=O) groups is 1. The van der Waals surface area contributed by atoms with Gasteiger partial charge in [-0.1, -0.05) is 11.6 Å². The second-order valence-electron chi connectivity index (χ2n) is 4.82. The summed E-state index contributed by atoms with van der Waals surface area (Å²) in [4.78, 5) is 13.7. The van der Waals surface area contributed by atoms with E-state index in [1.54, 1.807) is 24.3 Å². The number of nitrogens with one attached hydrogen (secondary N) is 3. The molecule has 2 amide bonds. The van der Waals surface area contributed by atoms with Gasteiger partial charge in [0.2, 0.25) is 0 Å². The van der Waals surface area contributed by atoms with E-state index >= 15 is 0 Å². The van der Waals surface area contributed by atoms with Crippen molar-refractivity contribution in [1.29, 1.82) is 5.41 Å². The van der Waals surface area contributed by atoms with Crippen molar-refractivity contribution in [2.24, 2.45) is 0 Å². The number of rotatable bonds is 6. The van der Waals surface area contributed by atoms with Crippen molar-refractivity contribution in [3.05, 3.63) is 29.3 Å². The molecule has 3 N–H and O–H groups in total. The molecule has 110 valence electrons. The van der Waals surface area contributed by atoms with E-state index < -0.39 is 6.03 Å². The molecule has 0 saturated carbocycles. The monoisotopic (exact) mass is 296 g/mol. The highest BCUT2D eigenvalue weighted by atomic mass is 35.5. The molecule has 0 spiro atoms. The average Bonchev–Trinajstić information content (AvgIpc) is 2.37. The van der Waals surface area contributed by atoms with Crippen molar-refractivity contribution in [2.45, 2.75) is 19.3 Å². The van der Waals surface area contributed by atoms with Gasteiger partial charge in [-0.2, -0.15) is 0 Å². The van der Waals surface area contributed by atoms with Gasteiger partial charge in [-0.25, -0.2) is 4.79 Å². The molecule has 1 aromatic carbocycles. The highest BCUT2D eigenvalue weighted by molar-refractivity contribution is 6.30. The Morgan fingerprint density at radius 1 is 1.25 bits per heavy atom. The lowest BCUT2D eigenvalue weighted by Gasteiger charge is -2.10. The zero-order valence-corrected chi connectivity index (χ0v) is 12.6. The van der Waals surface area contributed by atoms with Gasteiger partial charge in [0.1, 0.15) is 5.84 Å². The smallest absolute Gasteiger partial charge is 0.309 e. The van der Waals surface area contributed by atoms with Crippen LogP contribution in [0, 0.1) is 5.41 Å². The van der Waals surface area contributed by atoms with Gasteiger partial charge < -0.3 is 10.2 Å². The number of benzene rings is 1. The lowest BCUT2D eigenvalue weighted by Crippen LogP contribution is -2.33. The maximum Gasteiger partial charge on any atom is 0.324 e. The number of unbranched alkanes of at least 4 members (excludes halogenated alkanes) is 1. The SMILES string of the molecule is CN(C)CCCCC(=N)NC(=O)Nc1ccc(Cl)cc1. The van der Waals surface area contributed by atoms with Crippen LogP contribution in [0.3, 0.4) is 0 Å². The summed E-state index contributed by atoms with van der Waals surface area (Å²) in [6.45, 7) is 0.990. The van der Waals surface area contributed by atoms with Crippen LogP contribution >= 0.6 is 11.6 Å². The molecule has 0 atom stereocenters. The van der Waals surface area contributed by atoms with E-state index in [-0.39, 0.29) is 5.84 Å². The predicted molar refractivity (Wildman–Crippen MR) is 83.7 cm³/mol. The lowest BCUT2D eigenvalue weighted by atomic mass is 10.2. The first kappa shape index (κ1) is 16.5. The summed E-state index contributed by atoms with van der Waals surface area (Å²) in [6.07, 6.45) is 2.47. The zero-order chi connectivity index (χ0) is 15.0. The molecule has 0 bridgehead atoms. The minimum Gasteiger partial charge on any atom is -0.309 e. The van der Waals surface area contributed by atoms with Crippen LogP contribution in [0.4, 0.5) is 10.5 Å². The van der Waals surface area contributed by atoms with E-state index in [1.165, 1.54) is 0 Å². The van der Waals surface area contributed by atoms with Crippen molar-refractivity contribution in [3.63, 3.8) is 0 Å². The van der Waals surface area contributed by atoms with Gasteiger partial charge in [0.25, 0.3) is 0 Å². The number of urea groups is 1. The van der Waals surface area contributed by atoms with Crippen molar-refractivity contribution in [2.75, 3.05) is 26.0 Å². The average molecular weight is 297 g/mol. The van der Waals surface area contributed by atoms with E-state index in [1.807, 2.05) is 14.1 Å².